The minimum atomic E-state index is -1.13. The zero-order valence-corrected chi connectivity index (χ0v) is 25.5. The van der Waals surface area contributed by atoms with Crippen molar-refractivity contribution in [1.82, 2.24) is 0 Å². The van der Waals surface area contributed by atoms with Crippen molar-refractivity contribution in [2.24, 2.45) is 21.7 Å². The van der Waals surface area contributed by atoms with Crippen LogP contribution in [0, 0.1) is 21.7 Å². The molecule has 170 valence electrons. The van der Waals surface area contributed by atoms with E-state index in [4.69, 9.17) is 0 Å². The number of benzene rings is 1. The first-order valence-corrected chi connectivity index (χ1v) is 18.3. The molecule has 0 atom stereocenters. The van der Waals surface area contributed by atoms with E-state index >= 15 is 0 Å². The summed E-state index contributed by atoms with van der Waals surface area (Å²) in [7, 11) is -0.700. The van der Waals surface area contributed by atoms with Gasteiger partial charge in [-0.15, -0.1) is 0 Å². The minimum absolute atomic E-state index is 0.143. The molecule has 0 bridgehead atoms. The summed E-state index contributed by atoms with van der Waals surface area (Å²) in [5.74, 6) is 0. The van der Waals surface area contributed by atoms with E-state index in [0.717, 1.165) is 18.6 Å². The maximum absolute atomic E-state index is 2.67. The van der Waals surface area contributed by atoms with Gasteiger partial charge in [0.25, 0.3) is 0 Å². The molecule has 0 aliphatic carbocycles. The zero-order chi connectivity index (χ0) is 23.1. The van der Waals surface area contributed by atoms with Crippen LogP contribution in [0.3, 0.4) is 0 Å². The third-order valence-electron chi connectivity index (χ3n) is 9.69. The molecule has 6 heterocycles. The monoisotopic (exact) mass is 491 g/mol. The standard InChI is InChI=1S/C27H43P4/c1-20(2,3)24-28-25(21(4,5)6)29(24)27(23(10,11)12)30(24)26(28,22(7,8)9)31(25,27)18-19-16-14-13-15-17-19/h13-17H,18H2,1-12H3/q+1. The highest BCUT2D eigenvalue weighted by molar-refractivity contribution is 8.57. The summed E-state index contributed by atoms with van der Waals surface area (Å²) >= 11 is 0. The summed E-state index contributed by atoms with van der Waals surface area (Å²) in [5.41, 5.74) is 3.61. The first-order valence-electron chi connectivity index (χ1n) is 12.3. The molecule has 1 aromatic rings. The van der Waals surface area contributed by atoms with Crippen molar-refractivity contribution in [3.63, 3.8) is 0 Å². The van der Waals surface area contributed by atoms with Crippen LogP contribution in [0.4, 0.5) is 0 Å². The number of hydrogen-bond donors (Lipinski definition) is 0. The van der Waals surface area contributed by atoms with Gasteiger partial charge in [-0.1, -0.05) is 113 Å². The van der Waals surface area contributed by atoms with E-state index in [1.54, 1.807) is 5.56 Å². The van der Waals surface area contributed by atoms with Crippen LogP contribution < -0.4 is 0 Å². The van der Waals surface area contributed by atoms with Crippen LogP contribution in [0.1, 0.15) is 88.6 Å². The van der Waals surface area contributed by atoms with Crippen molar-refractivity contribution in [2.45, 2.75) is 108 Å². The smallest absolute Gasteiger partial charge is 0.0622 e. The lowest BCUT2D eigenvalue weighted by Crippen LogP contribution is -3.04. The Morgan fingerprint density at radius 2 is 0.935 bits per heavy atom. The fourth-order valence-electron chi connectivity index (χ4n) is 9.89. The fourth-order valence-corrected chi connectivity index (χ4v) is 66.2. The van der Waals surface area contributed by atoms with E-state index in [2.05, 4.69) is 113 Å². The van der Waals surface area contributed by atoms with Crippen LogP contribution in [0.25, 0.3) is 0 Å². The van der Waals surface area contributed by atoms with E-state index in [9.17, 15) is 0 Å². The van der Waals surface area contributed by atoms with Crippen molar-refractivity contribution in [1.29, 1.82) is 0 Å². The van der Waals surface area contributed by atoms with E-state index in [-0.39, 0.29) is 23.8 Å². The average molecular weight is 492 g/mol. The van der Waals surface area contributed by atoms with Crippen molar-refractivity contribution in [3.05, 3.63) is 35.9 Å². The third-order valence-corrected chi connectivity index (χ3v) is 44.3. The molecule has 31 heavy (non-hydrogen) atoms. The van der Waals surface area contributed by atoms with Crippen molar-refractivity contribution in [3.8, 4) is 0 Å². The van der Waals surface area contributed by atoms with E-state index in [0.29, 0.717) is 21.7 Å². The largest absolute Gasteiger partial charge is 0.134 e. The Kier molecular flexibility index (Phi) is 3.77. The number of rotatable bonds is 2. The van der Waals surface area contributed by atoms with Gasteiger partial charge in [-0.05, 0) is 11.0 Å². The van der Waals surface area contributed by atoms with Gasteiger partial charge in [0, 0.05) is 40.0 Å². The van der Waals surface area contributed by atoms with Crippen LogP contribution in [0.5, 0.6) is 0 Å². The highest BCUT2D eigenvalue weighted by Crippen LogP contribution is 3.59. The molecule has 6 fully saturated rings. The molecule has 6 saturated heterocycles. The molecule has 1 aromatic carbocycles. The summed E-state index contributed by atoms with van der Waals surface area (Å²) in [5, 5.41) is 0. The van der Waals surface area contributed by atoms with Crippen molar-refractivity contribution >= 4 is 31.0 Å². The predicted octanol–water partition coefficient (Wildman–Crippen LogP) is 10.5. The molecule has 7 rings (SSSR count). The van der Waals surface area contributed by atoms with Gasteiger partial charge in [-0.2, -0.15) is 0 Å². The summed E-state index contributed by atoms with van der Waals surface area (Å²) in [6, 6.07) is 11.8. The highest BCUT2D eigenvalue weighted by Gasteiger charge is 3.34. The summed E-state index contributed by atoms with van der Waals surface area (Å²) in [4.78, 5) is 0. The molecule has 0 saturated carbocycles. The van der Waals surface area contributed by atoms with Gasteiger partial charge in [0.15, 0.2) is 0 Å². The molecule has 0 spiro atoms. The van der Waals surface area contributed by atoms with E-state index < -0.39 is 7.26 Å². The topological polar surface area (TPSA) is 0 Å². The van der Waals surface area contributed by atoms with E-state index in [1.165, 1.54) is 6.16 Å². The van der Waals surface area contributed by atoms with Gasteiger partial charge in [0.1, 0.15) is 13.9 Å². The summed E-state index contributed by atoms with van der Waals surface area (Å²) in [6.07, 6.45) is 1.45. The van der Waals surface area contributed by atoms with E-state index in [1.807, 2.05) is 0 Å². The van der Waals surface area contributed by atoms with Gasteiger partial charge in [-0.3, -0.25) is 0 Å². The van der Waals surface area contributed by atoms with Crippen LogP contribution in [-0.4, -0.2) is 18.6 Å². The Morgan fingerprint density at radius 3 is 1.23 bits per heavy atom. The second kappa shape index (κ2) is 5.21. The Morgan fingerprint density at radius 1 is 0.581 bits per heavy atom. The summed E-state index contributed by atoms with van der Waals surface area (Å²) in [6.45, 7) is 32.0. The molecule has 6 aliphatic heterocycles. The van der Waals surface area contributed by atoms with Crippen LogP contribution in [0.2, 0.25) is 0 Å². The lowest BCUT2D eigenvalue weighted by Gasteiger charge is -3.20. The Balaban J connectivity index is 1.66. The molecular formula is C27H43P4+. The van der Waals surface area contributed by atoms with Crippen molar-refractivity contribution < 1.29 is 0 Å². The van der Waals surface area contributed by atoms with Gasteiger partial charge in [-0.25, -0.2) is 0 Å². The lowest BCUT2D eigenvalue weighted by atomic mass is 9.95. The SMILES string of the molecule is CC(C)(C)C12P3C4(C(C)(C)C)P1C1(C(C)(C)C)P2C3(C(C)(C)C)[P+]41Cc1ccccc1. The van der Waals surface area contributed by atoms with Gasteiger partial charge >= 0.3 is 0 Å². The quantitative estimate of drug-likeness (QED) is 0.361. The van der Waals surface area contributed by atoms with Crippen molar-refractivity contribution in [2.75, 3.05) is 0 Å². The maximum Gasteiger partial charge on any atom is 0.134 e. The van der Waals surface area contributed by atoms with Gasteiger partial charge in [0.2, 0.25) is 0 Å². The molecule has 0 nitrogen and oxygen atoms in total. The van der Waals surface area contributed by atoms with Crippen LogP contribution in [-0.2, 0) is 6.16 Å². The molecule has 0 radical (unpaired) electrons. The average Bonchev–Trinajstić information content (AvgIpc) is 2.57. The molecule has 0 unspecified atom stereocenters. The molecule has 0 aromatic heterocycles. The molecule has 6 aliphatic rings. The Hall–Kier alpha value is 0.940. The number of hydrogen-bond acceptors (Lipinski definition) is 0. The first kappa shape index (κ1) is 22.4. The third kappa shape index (κ3) is 1.51. The van der Waals surface area contributed by atoms with Crippen LogP contribution >= 0.6 is 31.0 Å². The summed E-state index contributed by atoms with van der Waals surface area (Å²) < 4.78 is 3.11. The van der Waals surface area contributed by atoms with Crippen LogP contribution in [0.15, 0.2) is 30.3 Å². The molecule has 0 amide bonds. The van der Waals surface area contributed by atoms with Gasteiger partial charge < -0.3 is 0 Å². The minimum Gasteiger partial charge on any atom is -0.0622 e. The fraction of sp³-hybridized carbons (Fsp3) is 0.778. The first-order chi connectivity index (χ1) is 13.9. The second-order valence-electron chi connectivity index (χ2n) is 15.0. The zero-order valence-electron chi connectivity index (χ0n) is 21.9. The molecule has 0 N–H and O–H groups in total. The van der Waals surface area contributed by atoms with Gasteiger partial charge in [0.05, 0.1) is 18.1 Å². The normalized spacial score (nSPS) is 51.0. The second-order valence-corrected chi connectivity index (χ2v) is 31.2. The lowest BCUT2D eigenvalue weighted by molar-refractivity contribution is 0.231. The highest BCUT2D eigenvalue weighted by atomic mass is 31.5. The molecule has 4 heteroatoms. The molecular weight excluding hydrogens is 448 g/mol. The Labute approximate surface area is 196 Å². The predicted molar refractivity (Wildman–Crippen MR) is 147 cm³/mol. The Bertz CT molecular complexity index is 897. The maximum atomic E-state index is 2.67.